The molecular formula is C25H25BrClN5O6. The molecule has 1 amide bonds. The van der Waals surface area contributed by atoms with Crippen molar-refractivity contribution in [3.05, 3.63) is 71.7 Å². The number of amides is 1. The Morgan fingerprint density at radius 2 is 2.08 bits per heavy atom. The van der Waals surface area contributed by atoms with E-state index in [1.54, 1.807) is 23.1 Å². The number of halogens is 2. The summed E-state index contributed by atoms with van der Waals surface area (Å²) in [5, 5.41) is 16.6. The van der Waals surface area contributed by atoms with Crippen molar-refractivity contribution in [3.63, 3.8) is 0 Å². The van der Waals surface area contributed by atoms with Gasteiger partial charge in [0.15, 0.2) is 6.61 Å². The molecule has 2 heterocycles. The molecule has 1 aliphatic rings. The first-order valence-corrected chi connectivity index (χ1v) is 13.1. The third kappa shape index (κ3) is 6.03. The van der Waals surface area contributed by atoms with E-state index in [1.807, 2.05) is 13.8 Å². The number of morpholine rings is 1. The van der Waals surface area contributed by atoms with Gasteiger partial charge in [0, 0.05) is 40.1 Å². The highest BCUT2D eigenvalue weighted by Crippen LogP contribution is 2.34. The van der Waals surface area contributed by atoms with Crippen molar-refractivity contribution in [3.8, 4) is 5.75 Å². The summed E-state index contributed by atoms with van der Waals surface area (Å²) < 4.78 is 12.8. The summed E-state index contributed by atoms with van der Waals surface area (Å²) in [5.74, 6) is -0.187. The molecule has 0 bridgehead atoms. The van der Waals surface area contributed by atoms with Crippen LogP contribution in [0.5, 0.6) is 5.75 Å². The Hall–Kier alpha value is -3.35. The van der Waals surface area contributed by atoms with Gasteiger partial charge in [-0.15, -0.1) is 0 Å². The first-order chi connectivity index (χ1) is 18.2. The van der Waals surface area contributed by atoms with Gasteiger partial charge in [-0.25, -0.2) is 4.98 Å². The monoisotopic (exact) mass is 605 g/mol. The van der Waals surface area contributed by atoms with Crippen LogP contribution in [0.15, 0.2) is 44.7 Å². The van der Waals surface area contributed by atoms with E-state index in [-0.39, 0.29) is 28.2 Å². The molecule has 0 spiro atoms. The number of benzene rings is 2. The number of nitro groups is 1. The number of carbonyl (C=O) groups is 1. The molecule has 0 aliphatic carbocycles. The van der Waals surface area contributed by atoms with Gasteiger partial charge in [0.25, 0.3) is 11.5 Å². The van der Waals surface area contributed by atoms with Gasteiger partial charge in [-0.3, -0.25) is 19.7 Å². The van der Waals surface area contributed by atoms with E-state index in [1.165, 1.54) is 17.0 Å². The molecule has 0 saturated carbocycles. The third-order valence-electron chi connectivity index (χ3n) is 6.16. The smallest absolute Gasteiger partial charge is 0.313 e. The van der Waals surface area contributed by atoms with Crippen LogP contribution in [0.25, 0.3) is 10.9 Å². The number of ether oxygens (including phenoxy) is 2. The molecule has 0 radical (unpaired) electrons. The van der Waals surface area contributed by atoms with Gasteiger partial charge in [0.05, 0.1) is 35.3 Å². The van der Waals surface area contributed by atoms with Crippen LogP contribution in [0.1, 0.15) is 37.6 Å². The van der Waals surface area contributed by atoms with Crippen molar-refractivity contribution >= 4 is 56.2 Å². The van der Waals surface area contributed by atoms with Crippen molar-refractivity contribution < 1.29 is 19.2 Å². The van der Waals surface area contributed by atoms with Crippen molar-refractivity contribution in [1.29, 1.82) is 0 Å². The summed E-state index contributed by atoms with van der Waals surface area (Å²) in [6.07, 6.45) is 1.96. The predicted molar refractivity (Wildman–Crippen MR) is 146 cm³/mol. The number of fused-ring (bicyclic) bond motifs is 1. The van der Waals surface area contributed by atoms with E-state index in [4.69, 9.17) is 21.1 Å². The van der Waals surface area contributed by atoms with Gasteiger partial charge in [0.1, 0.15) is 5.82 Å². The number of aromatic nitrogens is 2. The fourth-order valence-corrected chi connectivity index (χ4v) is 4.51. The first kappa shape index (κ1) is 27.7. The Kier molecular flexibility index (Phi) is 8.75. The Morgan fingerprint density at radius 3 is 2.76 bits per heavy atom. The molecule has 1 atom stereocenters. The molecule has 0 unspecified atom stereocenters. The van der Waals surface area contributed by atoms with Crippen LogP contribution < -0.4 is 10.3 Å². The van der Waals surface area contributed by atoms with Gasteiger partial charge in [-0.1, -0.05) is 41.4 Å². The molecule has 200 valence electrons. The second-order valence-electron chi connectivity index (χ2n) is 8.68. The van der Waals surface area contributed by atoms with E-state index < -0.39 is 22.8 Å². The van der Waals surface area contributed by atoms with Crippen molar-refractivity contribution in [2.45, 2.75) is 26.2 Å². The summed E-state index contributed by atoms with van der Waals surface area (Å²) >= 11 is 9.54. The fraction of sp³-hybridized carbons (Fsp3) is 0.360. The SMILES string of the molecule is CC[C@H](C)c1nc2ccc(Br)cc2c(=O)n1N=Cc1cc(Cl)cc([N+](=O)[O-])c1OCC(=O)N1CCOCC1. The lowest BCUT2D eigenvalue weighted by Crippen LogP contribution is -2.43. The number of nitrogens with zero attached hydrogens (tertiary/aromatic N) is 5. The average molecular weight is 607 g/mol. The molecule has 13 heteroatoms. The number of carbonyl (C=O) groups excluding carboxylic acids is 1. The zero-order chi connectivity index (χ0) is 27.4. The molecular weight excluding hydrogens is 582 g/mol. The van der Waals surface area contributed by atoms with E-state index in [2.05, 4.69) is 26.0 Å². The van der Waals surface area contributed by atoms with E-state index in [0.29, 0.717) is 53.9 Å². The van der Waals surface area contributed by atoms with Crippen LogP contribution >= 0.6 is 27.5 Å². The van der Waals surface area contributed by atoms with Crippen molar-refractivity contribution in [1.82, 2.24) is 14.6 Å². The number of rotatable bonds is 8. The number of hydrogen-bond acceptors (Lipinski definition) is 8. The maximum atomic E-state index is 13.4. The lowest BCUT2D eigenvalue weighted by atomic mass is 10.1. The lowest BCUT2D eigenvalue weighted by molar-refractivity contribution is -0.385. The predicted octanol–water partition coefficient (Wildman–Crippen LogP) is 4.35. The summed E-state index contributed by atoms with van der Waals surface area (Å²) in [6.45, 7) is 5.11. The lowest BCUT2D eigenvalue weighted by Gasteiger charge is -2.26. The topological polar surface area (TPSA) is 129 Å². The zero-order valence-corrected chi connectivity index (χ0v) is 23.1. The second kappa shape index (κ2) is 12.0. The number of hydrogen-bond donors (Lipinski definition) is 0. The summed E-state index contributed by atoms with van der Waals surface area (Å²) in [5.41, 5.74) is -0.160. The Bertz CT molecular complexity index is 1470. The Balaban J connectivity index is 1.77. The quantitative estimate of drug-likeness (QED) is 0.212. The molecule has 1 fully saturated rings. The maximum Gasteiger partial charge on any atom is 0.313 e. The van der Waals surface area contributed by atoms with Crippen LogP contribution in [0.3, 0.4) is 0 Å². The molecule has 4 rings (SSSR count). The van der Waals surface area contributed by atoms with E-state index in [9.17, 15) is 19.7 Å². The largest absolute Gasteiger partial charge is 0.476 e. The Labute approximate surface area is 231 Å². The maximum absolute atomic E-state index is 13.4. The van der Waals surface area contributed by atoms with Crippen LogP contribution in [0.4, 0.5) is 5.69 Å². The average Bonchev–Trinajstić information content (AvgIpc) is 2.91. The molecule has 1 aromatic heterocycles. The molecule has 1 saturated heterocycles. The molecule has 0 N–H and O–H groups in total. The van der Waals surface area contributed by atoms with E-state index in [0.717, 1.165) is 6.07 Å². The highest BCUT2D eigenvalue weighted by Gasteiger charge is 2.24. The summed E-state index contributed by atoms with van der Waals surface area (Å²) in [7, 11) is 0. The highest BCUT2D eigenvalue weighted by molar-refractivity contribution is 9.10. The van der Waals surface area contributed by atoms with Crippen LogP contribution in [0.2, 0.25) is 5.02 Å². The van der Waals surface area contributed by atoms with Gasteiger partial charge in [-0.05, 0) is 30.7 Å². The second-order valence-corrected chi connectivity index (χ2v) is 10.0. The van der Waals surface area contributed by atoms with Crippen molar-refractivity contribution in [2.75, 3.05) is 32.9 Å². The highest BCUT2D eigenvalue weighted by atomic mass is 79.9. The molecule has 38 heavy (non-hydrogen) atoms. The van der Waals surface area contributed by atoms with Gasteiger partial charge in [-0.2, -0.15) is 9.78 Å². The van der Waals surface area contributed by atoms with Crippen LogP contribution in [0, 0.1) is 10.1 Å². The third-order valence-corrected chi connectivity index (χ3v) is 6.87. The first-order valence-electron chi connectivity index (χ1n) is 11.9. The minimum atomic E-state index is -0.649. The van der Waals surface area contributed by atoms with Gasteiger partial charge < -0.3 is 14.4 Å². The van der Waals surface area contributed by atoms with Crippen LogP contribution in [-0.2, 0) is 9.53 Å². The molecule has 3 aromatic rings. The minimum Gasteiger partial charge on any atom is -0.476 e. The zero-order valence-electron chi connectivity index (χ0n) is 20.7. The van der Waals surface area contributed by atoms with E-state index >= 15 is 0 Å². The molecule has 11 nitrogen and oxygen atoms in total. The molecule has 1 aliphatic heterocycles. The van der Waals surface area contributed by atoms with Crippen molar-refractivity contribution in [2.24, 2.45) is 5.10 Å². The Morgan fingerprint density at radius 1 is 1.34 bits per heavy atom. The van der Waals surface area contributed by atoms with Gasteiger partial charge in [0.2, 0.25) is 5.75 Å². The summed E-state index contributed by atoms with van der Waals surface area (Å²) in [6, 6.07) is 7.77. The standard InChI is InChI=1S/C25H25BrClN5O6/c1-3-15(2)24-29-20-5-4-17(26)11-19(20)25(34)31(24)28-13-16-10-18(27)12-21(32(35)36)23(16)38-14-22(33)30-6-8-37-9-7-30/h4-5,10-13,15H,3,6-9,14H2,1-2H3/t15-/m0/s1. The van der Waals surface area contributed by atoms with Crippen LogP contribution in [-0.4, -0.2) is 64.5 Å². The fourth-order valence-electron chi connectivity index (χ4n) is 3.93. The summed E-state index contributed by atoms with van der Waals surface area (Å²) in [4.78, 5) is 43.4. The molecule has 2 aromatic carbocycles. The minimum absolute atomic E-state index is 0.0695. The normalized spacial score (nSPS) is 14.7. The number of nitro benzene ring substituents is 1. The van der Waals surface area contributed by atoms with Gasteiger partial charge >= 0.3 is 5.69 Å².